The van der Waals surface area contributed by atoms with Crippen LogP contribution in [-0.2, 0) is 20.9 Å². The standard InChI is InChI=1S/C14H18BrNO4/c1-2-19-13(17)12(8-9-15)16-14(18)20-10-11-6-4-3-5-7-11/h3-7,12H,2,8-10H2,1H3,(H,16,18). The molecule has 0 spiro atoms. The Balaban J connectivity index is 2.43. The third kappa shape index (κ3) is 6.06. The van der Waals surface area contributed by atoms with Crippen molar-refractivity contribution in [3.63, 3.8) is 0 Å². The highest BCUT2D eigenvalue weighted by molar-refractivity contribution is 9.09. The summed E-state index contributed by atoms with van der Waals surface area (Å²) in [5.74, 6) is -0.455. The van der Waals surface area contributed by atoms with Crippen LogP contribution in [-0.4, -0.2) is 30.0 Å². The fourth-order valence-corrected chi connectivity index (χ4v) is 1.97. The van der Waals surface area contributed by atoms with Crippen LogP contribution in [0.5, 0.6) is 0 Å². The molecule has 0 aromatic heterocycles. The molecule has 1 rings (SSSR count). The zero-order chi connectivity index (χ0) is 14.8. The molecule has 1 aromatic carbocycles. The van der Waals surface area contributed by atoms with Crippen LogP contribution in [0.25, 0.3) is 0 Å². The number of hydrogen-bond donors (Lipinski definition) is 1. The van der Waals surface area contributed by atoms with Gasteiger partial charge >= 0.3 is 12.1 Å². The minimum Gasteiger partial charge on any atom is -0.464 e. The van der Waals surface area contributed by atoms with Crippen LogP contribution in [0.2, 0.25) is 0 Å². The van der Waals surface area contributed by atoms with Crippen molar-refractivity contribution in [2.75, 3.05) is 11.9 Å². The van der Waals surface area contributed by atoms with E-state index in [4.69, 9.17) is 9.47 Å². The van der Waals surface area contributed by atoms with Crippen molar-refractivity contribution in [1.82, 2.24) is 5.32 Å². The fourth-order valence-electron chi connectivity index (χ4n) is 1.51. The highest BCUT2D eigenvalue weighted by Gasteiger charge is 2.21. The molecule has 0 saturated carbocycles. The Morgan fingerprint density at radius 3 is 2.55 bits per heavy atom. The van der Waals surface area contributed by atoms with Gasteiger partial charge in [-0.05, 0) is 18.9 Å². The number of esters is 1. The maximum atomic E-state index is 11.7. The van der Waals surface area contributed by atoms with Gasteiger partial charge in [-0.3, -0.25) is 0 Å². The van der Waals surface area contributed by atoms with E-state index >= 15 is 0 Å². The Morgan fingerprint density at radius 2 is 1.95 bits per heavy atom. The quantitative estimate of drug-likeness (QED) is 0.610. The van der Waals surface area contributed by atoms with Gasteiger partial charge < -0.3 is 14.8 Å². The van der Waals surface area contributed by atoms with E-state index in [1.807, 2.05) is 30.3 Å². The number of rotatable bonds is 7. The molecule has 1 atom stereocenters. The summed E-state index contributed by atoms with van der Waals surface area (Å²) in [4.78, 5) is 23.3. The van der Waals surface area contributed by atoms with Crippen LogP contribution in [0, 0.1) is 0 Å². The first-order chi connectivity index (χ1) is 9.67. The van der Waals surface area contributed by atoms with Crippen molar-refractivity contribution in [3.8, 4) is 0 Å². The van der Waals surface area contributed by atoms with Crippen LogP contribution in [0.4, 0.5) is 4.79 Å². The van der Waals surface area contributed by atoms with Crippen molar-refractivity contribution in [2.24, 2.45) is 0 Å². The van der Waals surface area contributed by atoms with Crippen molar-refractivity contribution in [3.05, 3.63) is 35.9 Å². The van der Waals surface area contributed by atoms with Gasteiger partial charge in [0, 0.05) is 5.33 Å². The van der Waals surface area contributed by atoms with Gasteiger partial charge in [0.05, 0.1) is 6.61 Å². The van der Waals surface area contributed by atoms with E-state index in [-0.39, 0.29) is 13.2 Å². The molecular weight excluding hydrogens is 326 g/mol. The van der Waals surface area contributed by atoms with Gasteiger partial charge in [0.25, 0.3) is 0 Å². The zero-order valence-corrected chi connectivity index (χ0v) is 12.9. The number of alkyl halides is 1. The molecule has 6 heteroatoms. The van der Waals surface area contributed by atoms with Crippen LogP contribution in [0.3, 0.4) is 0 Å². The lowest BCUT2D eigenvalue weighted by Gasteiger charge is -2.16. The predicted octanol–water partition coefficient (Wildman–Crippen LogP) is 2.63. The Bertz CT molecular complexity index is 424. The highest BCUT2D eigenvalue weighted by atomic mass is 79.9. The number of carbonyl (C=O) groups excluding carboxylic acids is 2. The van der Waals surface area contributed by atoms with E-state index < -0.39 is 18.1 Å². The van der Waals surface area contributed by atoms with Crippen LogP contribution in [0.15, 0.2) is 30.3 Å². The molecule has 0 radical (unpaired) electrons. The van der Waals surface area contributed by atoms with E-state index in [1.165, 1.54) is 0 Å². The van der Waals surface area contributed by atoms with Crippen molar-refractivity contribution < 1.29 is 19.1 Å². The normalized spacial score (nSPS) is 11.5. The average Bonchev–Trinajstić information content (AvgIpc) is 2.46. The third-order valence-corrected chi connectivity index (χ3v) is 2.93. The summed E-state index contributed by atoms with van der Waals surface area (Å²) in [6.45, 7) is 2.16. The molecule has 0 aliphatic heterocycles. The Hall–Kier alpha value is -1.56. The molecule has 110 valence electrons. The third-order valence-electron chi connectivity index (χ3n) is 2.47. The van der Waals surface area contributed by atoms with Gasteiger partial charge in [-0.25, -0.2) is 9.59 Å². The lowest BCUT2D eigenvalue weighted by Crippen LogP contribution is -2.42. The molecule has 0 saturated heterocycles. The average molecular weight is 344 g/mol. The second-order valence-corrected chi connectivity index (χ2v) is 4.78. The first-order valence-corrected chi connectivity index (χ1v) is 7.49. The minimum absolute atomic E-state index is 0.163. The Morgan fingerprint density at radius 1 is 1.25 bits per heavy atom. The van der Waals surface area contributed by atoms with Crippen molar-refractivity contribution >= 4 is 28.0 Å². The summed E-state index contributed by atoms with van der Waals surface area (Å²) in [6.07, 6.45) is -0.188. The van der Waals surface area contributed by atoms with E-state index in [1.54, 1.807) is 6.92 Å². The van der Waals surface area contributed by atoms with Crippen LogP contribution in [0.1, 0.15) is 18.9 Å². The smallest absolute Gasteiger partial charge is 0.408 e. The molecule has 1 aromatic rings. The van der Waals surface area contributed by atoms with Gasteiger partial charge in [0.1, 0.15) is 12.6 Å². The SMILES string of the molecule is CCOC(=O)C(CCBr)NC(=O)OCc1ccccc1. The number of benzene rings is 1. The number of nitrogens with one attached hydrogen (secondary N) is 1. The Labute approximate surface area is 126 Å². The molecule has 1 N–H and O–H groups in total. The van der Waals surface area contributed by atoms with Gasteiger partial charge in [-0.15, -0.1) is 0 Å². The van der Waals surface area contributed by atoms with E-state index in [0.717, 1.165) is 5.56 Å². The molecule has 0 fully saturated rings. The molecule has 1 unspecified atom stereocenters. The minimum atomic E-state index is -0.697. The molecule has 0 bridgehead atoms. The number of hydrogen-bond acceptors (Lipinski definition) is 4. The van der Waals surface area contributed by atoms with Gasteiger partial charge in [-0.2, -0.15) is 0 Å². The number of alkyl carbamates (subject to hydrolysis) is 1. The topological polar surface area (TPSA) is 64.6 Å². The maximum absolute atomic E-state index is 11.7. The lowest BCUT2D eigenvalue weighted by molar-refractivity contribution is -0.145. The number of amides is 1. The van der Waals surface area contributed by atoms with Gasteiger partial charge in [0.2, 0.25) is 0 Å². The van der Waals surface area contributed by atoms with E-state index in [0.29, 0.717) is 11.8 Å². The second kappa shape index (κ2) is 9.36. The molecule has 5 nitrogen and oxygen atoms in total. The highest BCUT2D eigenvalue weighted by Crippen LogP contribution is 2.03. The van der Waals surface area contributed by atoms with Crippen molar-refractivity contribution in [1.29, 1.82) is 0 Å². The van der Waals surface area contributed by atoms with E-state index in [2.05, 4.69) is 21.2 Å². The summed E-state index contributed by atoms with van der Waals surface area (Å²) in [6, 6.07) is 8.63. The molecule has 0 heterocycles. The first-order valence-electron chi connectivity index (χ1n) is 6.37. The van der Waals surface area contributed by atoms with Crippen molar-refractivity contribution in [2.45, 2.75) is 26.0 Å². The van der Waals surface area contributed by atoms with E-state index in [9.17, 15) is 9.59 Å². The number of ether oxygens (including phenoxy) is 2. The van der Waals surface area contributed by atoms with Crippen LogP contribution < -0.4 is 5.32 Å². The number of halogens is 1. The predicted molar refractivity (Wildman–Crippen MR) is 78.6 cm³/mol. The Kier molecular flexibility index (Phi) is 7.72. The lowest BCUT2D eigenvalue weighted by atomic mass is 10.2. The molecule has 0 aliphatic rings. The number of carbonyl (C=O) groups is 2. The summed E-state index contributed by atoms with van der Waals surface area (Å²) in [7, 11) is 0. The summed E-state index contributed by atoms with van der Waals surface area (Å²) in [5, 5.41) is 3.09. The second-order valence-electron chi connectivity index (χ2n) is 3.99. The summed E-state index contributed by atoms with van der Waals surface area (Å²) in [5.41, 5.74) is 0.885. The molecular formula is C14H18BrNO4. The van der Waals surface area contributed by atoms with Crippen LogP contribution >= 0.6 is 15.9 Å². The largest absolute Gasteiger partial charge is 0.464 e. The fraction of sp³-hybridized carbons (Fsp3) is 0.429. The monoisotopic (exact) mass is 343 g/mol. The first kappa shape index (κ1) is 16.5. The zero-order valence-electron chi connectivity index (χ0n) is 11.3. The summed E-state index contributed by atoms with van der Waals surface area (Å²) < 4.78 is 9.95. The summed E-state index contributed by atoms with van der Waals surface area (Å²) >= 11 is 3.24. The molecule has 0 aliphatic carbocycles. The van der Waals surface area contributed by atoms with Gasteiger partial charge in [-0.1, -0.05) is 46.3 Å². The molecule has 20 heavy (non-hydrogen) atoms. The maximum Gasteiger partial charge on any atom is 0.408 e. The molecule has 1 amide bonds. The van der Waals surface area contributed by atoms with Gasteiger partial charge in [0.15, 0.2) is 0 Å².